The summed E-state index contributed by atoms with van der Waals surface area (Å²) in [5.74, 6) is -0.0883. The standard InChI is InChI=1S/C21H18F3N3O2/c22-21(23,24)16-4-1-13(2-5-16)14-7-9-27(10-8-14)19-12-25-18-11-15(20(28)29)3-6-17(18)26-19/h1-6,11-12,14H,7-10H2,(H,28,29). The van der Waals surface area contributed by atoms with E-state index in [1.54, 1.807) is 24.4 Å². The second-order valence-electron chi connectivity index (χ2n) is 7.12. The number of carboxylic acid groups (broad SMARTS) is 1. The average molecular weight is 401 g/mol. The van der Waals surface area contributed by atoms with E-state index < -0.39 is 17.7 Å². The number of fused-ring (bicyclic) bond motifs is 1. The van der Waals surface area contributed by atoms with Crippen molar-refractivity contribution in [3.63, 3.8) is 0 Å². The van der Waals surface area contributed by atoms with Crippen molar-refractivity contribution in [2.45, 2.75) is 24.9 Å². The zero-order valence-electron chi connectivity index (χ0n) is 15.4. The number of hydrogen-bond acceptors (Lipinski definition) is 4. The number of aromatic carboxylic acids is 1. The molecule has 5 nitrogen and oxygen atoms in total. The van der Waals surface area contributed by atoms with Crippen LogP contribution < -0.4 is 4.90 Å². The summed E-state index contributed by atoms with van der Waals surface area (Å²) in [4.78, 5) is 22.1. The molecule has 1 fully saturated rings. The van der Waals surface area contributed by atoms with Crippen LogP contribution in [-0.4, -0.2) is 34.1 Å². The van der Waals surface area contributed by atoms with Gasteiger partial charge in [-0.05, 0) is 54.7 Å². The van der Waals surface area contributed by atoms with Gasteiger partial charge in [0.15, 0.2) is 0 Å². The zero-order valence-corrected chi connectivity index (χ0v) is 15.4. The molecule has 0 radical (unpaired) electrons. The van der Waals surface area contributed by atoms with Crippen LogP contribution >= 0.6 is 0 Å². The predicted molar refractivity (Wildman–Crippen MR) is 102 cm³/mol. The Labute approximate surface area is 164 Å². The van der Waals surface area contributed by atoms with Crippen molar-refractivity contribution in [2.75, 3.05) is 18.0 Å². The number of alkyl halides is 3. The van der Waals surface area contributed by atoms with Crippen molar-refractivity contribution in [2.24, 2.45) is 0 Å². The van der Waals surface area contributed by atoms with Crippen molar-refractivity contribution < 1.29 is 23.1 Å². The van der Waals surface area contributed by atoms with E-state index in [0.29, 0.717) is 16.9 Å². The number of carboxylic acids is 1. The molecule has 150 valence electrons. The normalized spacial score (nSPS) is 15.6. The van der Waals surface area contributed by atoms with Gasteiger partial charge in [0.25, 0.3) is 0 Å². The summed E-state index contributed by atoms with van der Waals surface area (Å²) in [6.07, 6.45) is -1.07. The first-order chi connectivity index (χ1) is 13.8. The third-order valence-corrected chi connectivity index (χ3v) is 5.30. The number of halogens is 3. The van der Waals surface area contributed by atoms with Gasteiger partial charge >= 0.3 is 12.1 Å². The van der Waals surface area contributed by atoms with E-state index in [0.717, 1.165) is 43.6 Å². The number of rotatable bonds is 3. The van der Waals surface area contributed by atoms with Crippen LogP contribution in [-0.2, 0) is 6.18 Å². The fraction of sp³-hybridized carbons (Fsp3) is 0.286. The Morgan fingerprint density at radius 2 is 1.72 bits per heavy atom. The maximum Gasteiger partial charge on any atom is 0.416 e. The van der Waals surface area contributed by atoms with E-state index in [2.05, 4.69) is 14.9 Å². The van der Waals surface area contributed by atoms with Gasteiger partial charge in [-0.3, -0.25) is 4.98 Å². The third kappa shape index (κ3) is 4.01. The van der Waals surface area contributed by atoms with E-state index in [-0.39, 0.29) is 11.5 Å². The lowest BCUT2D eigenvalue weighted by Crippen LogP contribution is -2.33. The van der Waals surface area contributed by atoms with Gasteiger partial charge in [-0.25, -0.2) is 9.78 Å². The Bertz CT molecular complexity index is 1040. The topological polar surface area (TPSA) is 66.3 Å². The minimum Gasteiger partial charge on any atom is -0.478 e. The number of benzene rings is 2. The van der Waals surface area contributed by atoms with Crippen molar-refractivity contribution in [3.05, 3.63) is 65.4 Å². The zero-order chi connectivity index (χ0) is 20.6. The highest BCUT2D eigenvalue weighted by Crippen LogP contribution is 2.33. The monoisotopic (exact) mass is 401 g/mol. The summed E-state index contributed by atoms with van der Waals surface area (Å²) in [7, 11) is 0. The van der Waals surface area contributed by atoms with Crippen molar-refractivity contribution in [1.82, 2.24) is 9.97 Å². The van der Waals surface area contributed by atoms with E-state index in [1.807, 2.05) is 0 Å². The minimum absolute atomic E-state index is 0.164. The minimum atomic E-state index is -4.32. The molecule has 1 aromatic heterocycles. The molecule has 8 heteroatoms. The quantitative estimate of drug-likeness (QED) is 0.687. The van der Waals surface area contributed by atoms with Gasteiger partial charge in [0.05, 0.1) is 28.4 Å². The average Bonchev–Trinajstić information content (AvgIpc) is 2.72. The van der Waals surface area contributed by atoms with Crippen molar-refractivity contribution in [1.29, 1.82) is 0 Å². The summed E-state index contributed by atoms with van der Waals surface area (Å²) in [6, 6.07) is 10.1. The molecule has 0 bridgehead atoms. The van der Waals surface area contributed by atoms with Gasteiger partial charge in [-0.15, -0.1) is 0 Å². The summed E-state index contributed by atoms with van der Waals surface area (Å²) in [6.45, 7) is 1.44. The molecule has 1 saturated heterocycles. The lowest BCUT2D eigenvalue weighted by molar-refractivity contribution is -0.137. The largest absolute Gasteiger partial charge is 0.478 e. The van der Waals surface area contributed by atoms with Crippen LogP contribution in [0.2, 0.25) is 0 Å². The van der Waals surface area contributed by atoms with E-state index >= 15 is 0 Å². The van der Waals surface area contributed by atoms with Gasteiger partial charge < -0.3 is 10.0 Å². The fourth-order valence-electron chi connectivity index (χ4n) is 3.67. The molecule has 0 spiro atoms. The second kappa shape index (κ2) is 7.35. The summed E-state index contributed by atoms with van der Waals surface area (Å²) >= 11 is 0. The van der Waals surface area contributed by atoms with Gasteiger partial charge in [0, 0.05) is 13.1 Å². The first-order valence-electron chi connectivity index (χ1n) is 9.23. The molecule has 3 aromatic rings. The Morgan fingerprint density at radius 1 is 1.03 bits per heavy atom. The van der Waals surface area contributed by atoms with Crippen LogP contribution in [0.1, 0.15) is 40.2 Å². The van der Waals surface area contributed by atoms with Crippen LogP contribution in [0.25, 0.3) is 11.0 Å². The molecular weight excluding hydrogens is 383 g/mol. The van der Waals surface area contributed by atoms with Gasteiger partial charge in [0.2, 0.25) is 0 Å². The lowest BCUT2D eigenvalue weighted by atomic mass is 9.89. The third-order valence-electron chi connectivity index (χ3n) is 5.30. The highest BCUT2D eigenvalue weighted by Gasteiger charge is 2.30. The maximum atomic E-state index is 12.7. The van der Waals surface area contributed by atoms with Crippen LogP contribution in [0.3, 0.4) is 0 Å². The number of aromatic nitrogens is 2. The van der Waals surface area contributed by atoms with Crippen molar-refractivity contribution >= 4 is 22.8 Å². The van der Waals surface area contributed by atoms with Gasteiger partial charge in [-0.2, -0.15) is 13.2 Å². The Kier molecular flexibility index (Phi) is 4.86. The van der Waals surface area contributed by atoms with Gasteiger partial charge in [-0.1, -0.05) is 12.1 Å². The van der Waals surface area contributed by atoms with Crippen LogP contribution in [0.4, 0.5) is 19.0 Å². The summed E-state index contributed by atoms with van der Waals surface area (Å²) in [5, 5.41) is 9.06. The molecule has 0 unspecified atom stereocenters. The molecular formula is C21H18F3N3O2. The first kappa shape index (κ1) is 19.2. The summed E-state index contributed by atoms with van der Waals surface area (Å²) < 4.78 is 38.2. The number of nitrogens with zero attached hydrogens (tertiary/aromatic N) is 3. The van der Waals surface area contributed by atoms with E-state index in [4.69, 9.17) is 5.11 Å². The predicted octanol–water partition coefficient (Wildman–Crippen LogP) is 4.73. The highest BCUT2D eigenvalue weighted by atomic mass is 19.4. The molecule has 4 rings (SSSR count). The van der Waals surface area contributed by atoms with Crippen LogP contribution in [0.5, 0.6) is 0 Å². The van der Waals surface area contributed by atoms with Crippen molar-refractivity contribution in [3.8, 4) is 0 Å². The Morgan fingerprint density at radius 3 is 2.34 bits per heavy atom. The molecule has 0 amide bonds. The molecule has 0 atom stereocenters. The van der Waals surface area contributed by atoms with Gasteiger partial charge in [0.1, 0.15) is 5.82 Å². The molecule has 2 heterocycles. The summed E-state index contributed by atoms with van der Waals surface area (Å²) in [5.41, 5.74) is 1.60. The van der Waals surface area contributed by atoms with Crippen LogP contribution in [0, 0.1) is 0 Å². The molecule has 1 aliphatic heterocycles. The molecule has 29 heavy (non-hydrogen) atoms. The lowest BCUT2D eigenvalue weighted by Gasteiger charge is -2.33. The number of hydrogen-bond donors (Lipinski definition) is 1. The molecule has 0 aliphatic carbocycles. The molecule has 0 saturated carbocycles. The molecule has 2 aromatic carbocycles. The first-order valence-corrected chi connectivity index (χ1v) is 9.23. The number of carbonyl (C=O) groups is 1. The Hall–Kier alpha value is -3.16. The molecule has 1 N–H and O–H groups in total. The fourth-order valence-corrected chi connectivity index (χ4v) is 3.67. The molecule has 1 aliphatic rings. The SMILES string of the molecule is O=C(O)c1ccc2nc(N3CCC(c4ccc(C(F)(F)F)cc4)CC3)cnc2c1. The second-order valence-corrected chi connectivity index (χ2v) is 7.12. The number of anilines is 1. The number of piperidine rings is 1. The Balaban J connectivity index is 1.45. The smallest absolute Gasteiger partial charge is 0.416 e. The maximum absolute atomic E-state index is 12.7. The highest BCUT2D eigenvalue weighted by molar-refractivity contribution is 5.92. The van der Waals surface area contributed by atoms with Crippen LogP contribution in [0.15, 0.2) is 48.7 Å². The van der Waals surface area contributed by atoms with E-state index in [9.17, 15) is 18.0 Å². The van der Waals surface area contributed by atoms with E-state index in [1.165, 1.54) is 12.1 Å².